The minimum Gasteiger partial charge on any atom is -0.396 e. The third kappa shape index (κ3) is 5.17. The fourth-order valence-electron chi connectivity index (χ4n) is 1.77. The fourth-order valence-corrected chi connectivity index (χ4v) is 2.76. The number of carbonyl (C=O) groups is 1. The molecule has 21 heavy (non-hydrogen) atoms. The Bertz CT molecular complexity index is 496. The number of aliphatic hydroxyl groups is 1. The first-order valence-electron chi connectivity index (χ1n) is 7.08. The van der Waals surface area contributed by atoms with Crippen molar-refractivity contribution in [1.29, 1.82) is 0 Å². The standard InChI is InChI=1S/C14H26N4O2S/c1-6-14(5,7-8-19)17-11(20)9-10(15)16-12(21-9)18-13(2,3)4/h19H,6-8,15H2,1-5H3,(H,16,18)(H,17,20). The summed E-state index contributed by atoms with van der Waals surface area (Å²) >= 11 is 1.24. The summed E-state index contributed by atoms with van der Waals surface area (Å²) < 4.78 is 0. The number of amides is 1. The molecule has 1 unspecified atom stereocenters. The van der Waals surface area contributed by atoms with E-state index in [9.17, 15) is 4.79 Å². The van der Waals surface area contributed by atoms with E-state index in [1.165, 1.54) is 11.3 Å². The first kappa shape index (κ1) is 17.7. The molecule has 6 nitrogen and oxygen atoms in total. The second kappa shape index (κ2) is 6.62. The van der Waals surface area contributed by atoms with Crippen LogP contribution in [0.2, 0.25) is 0 Å². The van der Waals surface area contributed by atoms with Crippen LogP contribution in [0.3, 0.4) is 0 Å². The van der Waals surface area contributed by atoms with Gasteiger partial charge in [-0.05, 0) is 40.5 Å². The Kier molecular flexibility index (Phi) is 5.58. The average Bonchev–Trinajstić information content (AvgIpc) is 2.68. The zero-order valence-electron chi connectivity index (χ0n) is 13.4. The van der Waals surface area contributed by atoms with Crippen LogP contribution in [0.25, 0.3) is 0 Å². The van der Waals surface area contributed by atoms with Gasteiger partial charge in [-0.25, -0.2) is 4.98 Å². The van der Waals surface area contributed by atoms with Gasteiger partial charge in [-0.2, -0.15) is 0 Å². The monoisotopic (exact) mass is 314 g/mol. The molecular weight excluding hydrogens is 288 g/mol. The molecule has 0 saturated heterocycles. The Morgan fingerprint density at radius 2 is 2.00 bits per heavy atom. The van der Waals surface area contributed by atoms with Gasteiger partial charge in [0.1, 0.15) is 10.7 Å². The number of anilines is 2. The van der Waals surface area contributed by atoms with Crippen molar-refractivity contribution in [1.82, 2.24) is 10.3 Å². The smallest absolute Gasteiger partial charge is 0.265 e. The summed E-state index contributed by atoms with van der Waals surface area (Å²) in [7, 11) is 0. The SMILES string of the molecule is CCC(C)(CCO)NC(=O)c1sc(NC(C)(C)C)nc1N. The van der Waals surface area contributed by atoms with Gasteiger partial charge in [-0.15, -0.1) is 0 Å². The Hall–Kier alpha value is -1.34. The molecule has 0 aliphatic rings. The van der Waals surface area contributed by atoms with Crippen molar-refractivity contribution in [3.05, 3.63) is 4.88 Å². The first-order chi connectivity index (χ1) is 9.60. The third-order valence-electron chi connectivity index (χ3n) is 3.20. The highest BCUT2D eigenvalue weighted by Crippen LogP contribution is 2.28. The Morgan fingerprint density at radius 1 is 1.38 bits per heavy atom. The van der Waals surface area contributed by atoms with E-state index in [1.54, 1.807) is 0 Å². The minimum absolute atomic E-state index is 0.0274. The molecule has 0 bridgehead atoms. The van der Waals surface area contributed by atoms with Gasteiger partial charge in [0.15, 0.2) is 5.13 Å². The molecule has 1 amide bonds. The molecule has 1 heterocycles. The lowest BCUT2D eigenvalue weighted by atomic mass is 9.95. The summed E-state index contributed by atoms with van der Waals surface area (Å²) in [6.07, 6.45) is 1.23. The number of aromatic nitrogens is 1. The second-order valence-corrected chi connectivity index (χ2v) is 7.45. The zero-order valence-corrected chi connectivity index (χ0v) is 14.2. The second-order valence-electron chi connectivity index (χ2n) is 6.45. The molecule has 0 saturated carbocycles. The first-order valence-corrected chi connectivity index (χ1v) is 7.90. The minimum atomic E-state index is -0.445. The molecule has 1 aromatic rings. The molecule has 0 fully saturated rings. The van der Waals surface area contributed by atoms with Gasteiger partial charge in [0.2, 0.25) is 0 Å². The van der Waals surface area contributed by atoms with Crippen LogP contribution in [0.1, 0.15) is 57.1 Å². The number of nitrogens with two attached hydrogens (primary N) is 1. The Labute approximate surface area is 130 Å². The molecule has 0 spiro atoms. The molecule has 1 rings (SSSR count). The molecule has 0 aliphatic heterocycles. The lowest BCUT2D eigenvalue weighted by molar-refractivity contribution is 0.0891. The van der Waals surface area contributed by atoms with Gasteiger partial charge in [0.25, 0.3) is 5.91 Å². The maximum absolute atomic E-state index is 12.4. The number of hydrogen-bond donors (Lipinski definition) is 4. The fraction of sp³-hybridized carbons (Fsp3) is 0.714. The van der Waals surface area contributed by atoms with E-state index in [0.29, 0.717) is 16.4 Å². The highest BCUT2D eigenvalue weighted by atomic mass is 32.1. The van der Waals surface area contributed by atoms with E-state index in [2.05, 4.69) is 15.6 Å². The number of aliphatic hydroxyl groups excluding tert-OH is 1. The van der Waals surface area contributed by atoms with E-state index in [4.69, 9.17) is 10.8 Å². The lowest BCUT2D eigenvalue weighted by Crippen LogP contribution is -2.46. The molecule has 1 aromatic heterocycles. The van der Waals surface area contributed by atoms with Crippen molar-refractivity contribution in [3.8, 4) is 0 Å². The van der Waals surface area contributed by atoms with Crippen molar-refractivity contribution in [3.63, 3.8) is 0 Å². The van der Waals surface area contributed by atoms with Crippen LogP contribution in [-0.4, -0.2) is 33.7 Å². The zero-order chi connectivity index (χ0) is 16.3. The highest BCUT2D eigenvalue weighted by molar-refractivity contribution is 7.18. The van der Waals surface area contributed by atoms with E-state index in [0.717, 1.165) is 6.42 Å². The Morgan fingerprint density at radius 3 is 2.48 bits per heavy atom. The number of nitrogen functional groups attached to an aromatic ring is 1. The Balaban J connectivity index is 2.88. The van der Waals surface area contributed by atoms with E-state index in [1.807, 2.05) is 34.6 Å². The largest absolute Gasteiger partial charge is 0.396 e. The predicted octanol–water partition coefficient (Wildman–Crippen LogP) is 2.22. The lowest BCUT2D eigenvalue weighted by Gasteiger charge is -2.28. The summed E-state index contributed by atoms with van der Waals surface area (Å²) in [5.41, 5.74) is 5.25. The molecule has 7 heteroatoms. The predicted molar refractivity (Wildman–Crippen MR) is 87.8 cm³/mol. The van der Waals surface area contributed by atoms with Crippen LogP contribution < -0.4 is 16.4 Å². The summed E-state index contributed by atoms with van der Waals surface area (Å²) in [5, 5.41) is 15.9. The van der Waals surface area contributed by atoms with Gasteiger partial charge in [0.05, 0.1) is 0 Å². The molecule has 1 atom stereocenters. The van der Waals surface area contributed by atoms with Gasteiger partial charge < -0.3 is 21.5 Å². The van der Waals surface area contributed by atoms with Crippen molar-refractivity contribution >= 4 is 28.2 Å². The number of nitrogens with one attached hydrogen (secondary N) is 2. The van der Waals surface area contributed by atoms with Gasteiger partial charge in [-0.1, -0.05) is 18.3 Å². The molecular formula is C14H26N4O2S. The van der Waals surface area contributed by atoms with E-state index in [-0.39, 0.29) is 23.9 Å². The third-order valence-corrected chi connectivity index (χ3v) is 4.19. The summed E-state index contributed by atoms with van der Waals surface area (Å²) in [6.45, 7) is 9.95. The van der Waals surface area contributed by atoms with Crippen molar-refractivity contribution in [2.75, 3.05) is 17.7 Å². The van der Waals surface area contributed by atoms with Crippen LogP contribution in [0.15, 0.2) is 0 Å². The van der Waals surface area contributed by atoms with Crippen molar-refractivity contribution in [2.24, 2.45) is 0 Å². The molecule has 0 aromatic carbocycles. The normalized spacial score (nSPS) is 14.6. The maximum atomic E-state index is 12.4. The van der Waals surface area contributed by atoms with Crippen LogP contribution in [0.4, 0.5) is 10.9 Å². The molecule has 120 valence electrons. The van der Waals surface area contributed by atoms with Crippen LogP contribution in [0.5, 0.6) is 0 Å². The molecule has 0 radical (unpaired) electrons. The van der Waals surface area contributed by atoms with E-state index >= 15 is 0 Å². The van der Waals surface area contributed by atoms with Crippen LogP contribution >= 0.6 is 11.3 Å². The van der Waals surface area contributed by atoms with E-state index < -0.39 is 5.54 Å². The summed E-state index contributed by atoms with van der Waals surface area (Å²) in [6, 6.07) is 0. The summed E-state index contributed by atoms with van der Waals surface area (Å²) in [5.74, 6) is -0.0172. The van der Waals surface area contributed by atoms with Crippen molar-refractivity contribution < 1.29 is 9.90 Å². The van der Waals surface area contributed by atoms with Crippen molar-refractivity contribution in [2.45, 2.75) is 58.5 Å². The number of thiazole rings is 1. The average molecular weight is 314 g/mol. The van der Waals surface area contributed by atoms with Gasteiger partial charge in [0, 0.05) is 17.7 Å². The van der Waals surface area contributed by atoms with Gasteiger partial charge in [-0.3, -0.25) is 4.79 Å². The topological polar surface area (TPSA) is 100 Å². The summed E-state index contributed by atoms with van der Waals surface area (Å²) in [4.78, 5) is 17.0. The number of nitrogens with zero attached hydrogens (tertiary/aromatic N) is 1. The van der Waals surface area contributed by atoms with Crippen LogP contribution in [-0.2, 0) is 0 Å². The number of carbonyl (C=O) groups excluding carboxylic acids is 1. The number of rotatable bonds is 6. The molecule has 0 aliphatic carbocycles. The molecule has 5 N–H and O–H groups in total. The maximum Gasteiger partial charge on any atom is 0.265 e. The number of hydrogen-bond acceptors (Lipinski definition) is 6. The quantitative estimate of drug-likeness (QED) is 0.645. The highest BCUT2D eigenvalue weighted by Gasteiger charge is 2.27. The van der Waals surface area contributed by atoms with Gasteiger partial charge >= 0.3 is 0 Å². The van der Waals surface area contributed by atoms with Crippen LogP contribution in [0, 0.1) is 0 Å².